The van der Waals surface area contributed by atoms with Crippen molar-refractivity contribution in [2.75, 3.05) is 16.7 Å². The molecular formula is C20H18FN3. The molecule has 1 atom stereocenters. The van der Waals surface area contributed by atoms with Gasteiger partial charge in [-0.15, -0.1) is 0 Å². The van der Waals surface area contributed by atoms with Gasteiger partial charge in [0.25, 0.3) is 0 Å². The largest absolute Gasteiger partial charge is 0.273 e. The molecule has 3 nitrogen and oxygen atoms in total. The molecule has 1 aliphatic rings. The zero-order valence-electron chi connectivity index (χ0n) is 13.1. The number of nitrogens with zero attached hydrogens (tertiary/aromatic N) is 2. The summed E-state index contributed by atoms with van der Waals surface area (Å²) >= 11 is 0. The summed E-state index contributed by atoms with van der Waals surface area (Å²) in [6, 6.07) is 27.1. The van der Waals surface area contributed by atoms with Crippen LogP contribution in [0.25, 0.3) is 0 Å². The molecule has 0 aliphatic carbocycles. The fraction of sp³-hybridized carbons (Fsp3) is 0.100. The van der Waals surface area contributed by atoms with Gasteiger partial charge in [0.2, 0.25) is 0 Å². The molecule has 0 aromatic heterocycles. The molecule has 1 unspecified atom stereocenters. The number of rotatable bonds is 3. The molecule has 0 spiro atoms. The highest BCUT2D eigenvalue weighted by Gasteiger charge is 2.32. The van der Waals surface area contributed by atoms with E-state index < -0.39 is 0 Å². The highest BCUT2D eigenvalue weighted by atomic mass is 19.1. The van der Waals surface area contributed by atoms with Crippen LogP contribution in [0.1, 0.15) is 11.7 Å². The molecule has 120 valence electrons. The zero-order chi connectivity index (χ0) is 16.4. The maximum Gasteiger partial charge on any atom is 0.127 e. The Labute approximate surface area is 140 Å². The van der Waals surface area contributed by atoms with Crippen LogP contribution in [0.4, 0.5) is 15.8 Å². The summed E-state index contributed by atoms with van der Waals surface area (Å²) in [5, 5.41) is 7.93. The smallest absolute Gasteiger partial charge is 0.127 e. The van der Waals surface area contributed by atoms with Crippen LogP contribution in [-0.4, -0.2) is 6.67 Å². The Bertz CT molecular complexity index is 790. The lowest BCUT2D eigenvalue weighted by Crippen LogP contribution is -2.38. The number of halogens is 1. The van der Waals surface area contributed by atoms with Crippen molar-refractivity contribution in [1.82, 2.24) is 5.32 Å². The monoisotopic (exact) mass is 319 g/mol. The number of para-hydroxylation sites is 2. The van der Waals surface area contributed by atoms with Gasteiger partial charge in [0, 0.05) is 0 Å². The molecule has 1 N–H and O–H groups in total. The third-order valence-electron chi connectivity index (χ3n) is 4.20. The van der Waals surface area contributed by atoms with Gasteiger partial charge in [-0.3, -0.25) is 15.3 Å². The lowest BCUT2D eigenvalue weighted by atomic mass is 10.1. The molecule has 1 saturated heterocycles. The Balaban J connectivity index is 1.76. The number of hydrazine groups is 1. The Morgan fingerprint density at radius 1 is 0.750 bits per heavy atom. The summed E-state index contributed by atoms with van der Waals surface area (Å²) in [5.41, 5.74) is 3.22. The molecule has 4 heteroatoms. The molecule has 4 rings (SSSR count). The molecule has 1 heterocycles. The standard InChI is InChI=1S/C20H18FN3/c21-17-13-11-16(12-14-17)20-22-15-23(18-7-3-1-4-8-18)24(20)19-9-5-2-6-10-19/h1-14,20,22H,15H2. The number of benzene rings is 3. The van der Waals surface area contributed by atoms with E-state index in [0.717, 1.165) is 16.9 Å². The summed E-state index contributed by atoms with van der Waals surface area (Å²) in [6.07, 6.45) is -0.0480. The summed E-state index contributed by atoms with van der Waals surface area (Å²) in [5.74, 6) is -0.220. The second-order valence-electron chi connectivity index (χ2n) is 5.73. The van der Waals surface area contributed by atoms with Crippen molar-refractivity contribution in [1.29, 1.82) is 0 Å². The highest BCUT2D eigenvalue weighted by Crippen LogP contribution is 2.33. The van der Waals surface area contributed by atoms with Crippen LogP contribution >= 0.6 is 0 Å². The molecule has 1 fully saturated rings. The molecule has 0 bridgehead atoms. The van der Waals surface area contributed by atoms with E-state index in [1.807, 2.05) is 48.5 Å². The van der Waals surface area contributed by atoms with Gasteiger partial charge >= 0.3 is 0 Å². The van der Waals surface area contributed by atoms with E-state index in [2.05, 4.69) is 39.6 Å². The quantitative estimate of drug-likeness (QED) is 0.776. The van der Waals surface area contributed by atoms with Gasteiger partial charge in [-0.25, -0.2) is 4.39 Å². The SMILES string of the molecule is Fc1ccc(C2NCN(c3ccccc3)N2c2ccccc2)cc1. The van der Waals surface area contributed by atoms with Crippen LogP contribution in [-0.2, 0) is 0 Å². The minimum Gasteiger partial charge on any atom is -0.273 e. The third kappa shape index (κ3) is 2.72. The van der Waals surface area contributed by atoms with Crippen LogP contribution in [0.15, 0.2) is 84.9 Å². The van der Waals surface area contributed by atoms with Gasteiger partial charge in [0.05, 0.1) is 18.0 Å². The number of hydrogen-bond acceptors (Lipinski definition) is 3. The first kappa shape index (κ1) is 14.7. The molecular weight excluding hydrogens is 301 g/mol. The van der Waals surface area contributed by atoms with Crippen molar-refractivity contribution in [3.63, 3.8) is 0 Å². The molecule has 1 aliphatic heterocycles. The number of hydrogen-bond donors (Lipinski definition) is 1. The van der Waals surface area contributed by atoms with E-state index in [0.29, 0.717) is 6.67 Å². The van der Waals surface area contributed by atoms with Gasteiger partial charge < -0.3 is 0 Å². The number of anilines is 2. The molecule has 3 aromatic carbocycles. The lowest BCUT2D eigenvalue weighted by Gasteiger charge is -2.34. The Hall–Kier alpha value is -2.85. The van der Waals surface area contributed by atoms with E-state index in [9.17, 15) is 4.39 Å². The van der Waals surface area contributed by atoms with Crippen LogP contribution in [0, 0.1) is 5.82 Å². The van der Waals surface area contributed by atoms with Crippen LogP contribution < -0.4 is 15.3 Å². The topological polar surface area (TPSA) is 18.5 Å². The summed E-state index contributed by atoms with van der Waals surface area (Å²) in [4.78, 5) is 0. The maximum absolute atomic E-state index is 13.3. The first-order chi connectivity index (χ1) is 11.8. The lowest BCUT2D eigenvalue weighted by molar-refractivity contribution is 0.616. The predicted molar refractivity (Wildman–Crippen MR) is 95.0 cm³/mol. The molecule has 3 aromatic rings. The van der Waals surface area contributed by atoms with E-state index in [1.165, 1.54) is 12.1 Å². The normalized spacial score (nSPS) is 17.3. The maximum atomic E-state index is 13.3. The molecule has 0 amide bonds. The van der Waals surface area contributed by atoms with Crippen molar-refractivity contribution >= 4 is 11.4 Å². The second-order valence-corrected chi connectivity index (χ2v) is 5.73. The predicted octanol–water partition coefficient (Wildman–Crippen LogP) is 4.31. The Morgan fingerprint density at radius 2 is 1.33 bits per heavy atom. The minimum atomic E-state index is -0.220. The van der Waals surface area contributed by atoms with Crippen molar-refractivity contribution in [3.05, 3.63) is 96.3 Å². The summed E-state index contributed by atoms with van der Waals surface area (Å²) in [7, 11) is 0. The summed E-state index contributed by atoms with van der Waals surface area (Å²) in [6.45, 7) is 0.681. The zero-order valence-corrected chi connectivity index (χ0v) is 13.1. The average molecular weight is 319 g/mol. The van der Waals surface area contributed by atoms with E-state index in [1.54, 1.807) is 0 Å². The van der Waals surface area contributed by atoms with Gasteiger partial charge in [-0.1, -0.05) is 48.5 Å². The Kier molecular flexibility index (Phi) is 3.89. The van der Waals surface area contributed by atoms with Crippen molar-refractivity contribution in [3.8, 4) is 0 Å². The van der Waals surface area contributed by atoms with Gasteiger partial charge in [-0.05, 0) is 42.0 Å². The Morgan fingerprint density at radius 3 is 1.96 bits per heavy atom. The molecule has 0 radical (unpaired) electrons. The molecule has 0 saturated carbocycles. The fourth-order valence-electron chi connectivity index (χ4n) is 3.06. The number of nitrogens with one attached hydrogen (secondary N) is 1. The van der Waals surface area contributed by atoms with E-state index >= 15 is 0 Å². The fourth-order valence-corrected chi connectivity index (χ4v) is 3.06. The van der Waals surface area contributed by atoms with Crippen molar-refractivity contribution < 1.29 is 4.39 Å². The second kappa shape index (κ2) is 6.34. The van der Waals surface area contributed by atoms with E-state index in [-0.39, 0.29) is 12.0 Å². The van der Waals surface area contributed by atoms with Crippen LogP contribution in [0.2, 0.25) is 0 Å². The first-order valence-electron chi connectivity index (χ1n) is 7.98. The minimum absolute atomic E-state index is 0.0480. The molecule has 24 heavy (non-hydrogen) atoms. The highest BCUT2D eigenvalue weighted by molar-refractivity contribution is 5.60. The van der Waals surface area contributed by atoms with Crippen LogP contribution in [0.3, 0.4) is 0 Å². The van der Waals surface area contributed by atoms with E-state index in [4.69, 9.17) is 0 Å². The van der Waals surface area contributed by atoms with Gasteiger partial charge in [-0.2, -0.15) is 0 Å². The summed E-state index contributed by atoms with van der Waals surface area (Å²) < 4.78 is 13.3. The van der Waals surface area contributed by atoms with Gasteiger partial charge in [0.1, 0.15) is 12.0 Å². The van der Waals surface area contributed by atoms with Crippen molar-refractivity contribution in [2.24, 2.45) is 0 Å². The van der Waals surface area contributed by atoms with Crippen LogP contribution in [0.5, 0.6) is 0 Å². The van der Waals surface area contributed by atoms with Gasteiger partial charge in [0.15, 0.2) is 0 Å². The van der Waals surface area contributed by atoms with Crippen molar-refractivity contribution in [2.45, 2.75) is 6.17 Å². The average Bonchev–Trinajstić information content (AvgIpc) is 3.09. The first-order valence-corrected chi connectivity index (χ1v) is 7.98. The third-order valence-corrected chi connectivity index (χ3v) is 4.20.